The number of halogens is 1. The van der Waals surface area contributed by atoms with Crippen molar-refractivity contribution in [3.63, 3.8) is 0 Å². The molecule has 1 amide bonds. The molecule has 1 heterocycles. The minimum absolute atomic E-state index is 0.140. The van der Waals surface area contributed by atoms with Gasteiger partial charge in [-0.2, -0.15) is 5.26 Å². The summed E-state index contributed by atoms with van der Waals surface area (Å²) in [6.45, 7) is 0. The highest BCUT2D eigenvalue weighted by molar-refractivity contribution is 6.30. The van der Waals surface area contributed by atoms with Gasteiger partial charge in [0.25, 0.3) is 0 Å². The summed E-state index contributed by atoms with van der Waals surface area (Å²) in [7, 11) is 0. The summed E-state index contributed by atoms with van der Waals surface area (Å²) >= 11 is 5.89. The molecule has 0 bridgehead atoms. The smallest absolute Gasteiger partial charge is 0.347 e. The van der Waals surface area contributed by atoms with Gasteiger partial charge in [0.1, 0.15) is 17.1 Å². The van der Waals surface area contributed by atoms with Crippen LogP contribution in [0.3, 0.4) is 0 Å². The quantitative estimate of drug-likeness (QED) is 0.508. The summed E-state index contributed by atoms with van der Waals surface area (Å²) in [5, 5.41) is 10.5. The van der Waals surface area contributed by atoms with Crippen LogP contribution in [0.4, 0.5) is 0 Å². The van der Waals surface area contributed by atoms with E-state index in [0.29, 0.717) is 21.6 Å². The predicted molar refractivity (Wildman–Crippen MR) is 104 cm³/mol. The van der Waals surface area contributed by atoms with Crippen LogP contribution in [0, 0.1) is 17.2 Å². The number of benzene rings is 2. The van der Waals surface area contributed by atoms with E-state index in [1.165, 1.54) is 6.07 Å². The molecule has 0 saturated heterocycles. The van der Waals surface area contributed by atoms with Crippen LogP contribution in [-0.4, -0.2) is 11.7 Å². The van der Waals surface area contributed by atoms with Gasteiger partial charge in [0.15, 0.2) is 5.78 Å². The summed E-state index contributed by atoms with van der Waals surface area (Å²) in [6.07, 6.45) is -0.258. The number of rotatable bonds is 6. The molecule has 2 unspecified atom stereocenters. The average Bonchev–Trinajstić information content (AvgIpc) is 2.67. The van der Waals surface area contributed by atoms with E-state index in [-0.39, 0.29) is 12.0 Å². The molecule has 2 aromatic carbocycles. The lowest BCUT2D eigenvalue weighted by molar-refractivity contribution is -0.120. The third-order valence-corrected chi connectivity index (χ3v) is 4.75. The first-order valence-electron chi connectivity index (χ1n) is 8.41. The normalized spacial score (nSPS) is 12.9. The lowest BCUT2D eigenvalue weighted by Gasteiger charge is -2.19. The Bertz CT molecular complexity index is 1150. The molecule has 6 nitrogen and oxygen atoms in total. The van der Waals surface area contributed by atoms with Crippen molar-refractivity contribution >= 4 is 34.3 Å². The zero-order chi connectivity index (χ0) is 20.3. The van der Waals surface area contributed by atoms with Crippen LogP contribution in [0.5, 0.6) is 0 Å². The SMILES string of the molecule is N#CC(C(N)=O)C(CC(=O)c1cc2ccccc2oc1=O)c1ccc(Cl)cc1. The number of nitrogens with zero attached hydrogens (tertiary/aromatic N) is 1. The van der Waals surface area contributed by atoms with Crippen molar-refractivity contribution in [3.8, 4) is 6.07 Å². The highest BCUT2D eigenvalue weighted by Gasteiger charge is 2.31. The largest absolute Gasteiger partial charge is 0.422 e. The summed E-state index contributed by atoms with van der Waals surface area (Å²) in [5.74, 6) is -3.45. The number of primary amides is 1. The van der Waals surface area contributed by atoms with E-state index in [1.807, 2.05) is 6.07 Å². The Kier molecular flexibility index (Phi) is 5.57. The Labute approximate surface area is 165 Å². The summed E-state index contributed by atoms with van der Waals surface area (Å²) in [4.78, 5) is 36.9. The Hall–Kier alpha value is -3.43. The highest BCUT2D eigenvalue weighted by atomic mass is 35.5. The molecule has 1 aromatic heterocycles. The van der Waals surface area contributed by atoms with Crippen LogP contribution in [0.15, 0.2) is 63.8 Å². The average molecular weight is 395 g/mol. The second-order valence-electron chi connectivity index (χ2n) is 6.28. The number of carbonyl (C=O) groups is 2. The summed E-state index contributed by atoms with van der Waals surface area (Å²) < 4.78 is 5.20. The van der Waals surface area contributed by atoms with E-state index in [1.54, 1.807) is 48.5 Å². The van der Waals surface area contributed by atoms with Crippen molar-refractivity contribution < 1.29 is 14.0 Å². The van der Waals surface area contributed by atoms with Gasteiger partial charge in [-0.3, -0.25) is 9.59 Å². The first-order chi connectivity index (χ1) is 13.4. The van der Waals surface area contributed by atoms with Gasteiger partial charge in [-0.25, -0.2) is 4.79 Å². The molecule has 0 aliphatic rings. The summed E-state index contributed by atoms with van der Waals surface area (Å²) in [6, 6.07) is 16.5. The van der Waals surface area contributed by atoms with Crippen molar-refractivity contribution in [3.05, 3.63) is 81.2 Å². The zero-order valence-electron chi connectivity index (χ0n) is 14.6. The third-order valence-electron chi connectivity index (χ3n) is 4.49. The fourth-order valence-electron chi connectivity index (χ4n) is 3.06. The lowest BCUT2D eigenvalue weighted by Crippen LogP contribution is -2.29. The Morgan fingerprint density at radius 2 is 1.82 bits per heavy atom. The van der Waals surface area contributed by atoms with Crippen LogP contribution in [0.1, 0.15) is 28.3 Å². The number of fused-ring (bicyclic) bond motifs is 1. The van der Waals surface area contributed by atoms with Crippen LogP contribution in [0.2, 0.25) is 5.02 Å². The molecular formula is C21H15ClN2O4. The molecule has 0 saturated carbocycles. The van der Waals surface area contributed by atoms with E-state index in [0.717, 1.165) is 0 Å². The second-order valence-corrected chi connectivity index (χ2v) is 6.72. The number of para-hydroxylation sites is 1. The maximum atomic E-state index is 12.9. The van der Waals surface area contributed by atoms with Gasteiger partial charge in [-0.1, -0.05) is 41.9 Å². The molecule has 2 N–H and O–H groups in total. The molecule has 0 aliphatic heterocycles. The monoisotopic (exact) mass is 394 g/mol. The first-order valence-corrected chi connectivity index (χ1v) is 8.79. The molecule has 3 rings (SSSR count). The van der Waals surface area contributed by atoms with Crippen molar-refractivity contribution in [2.24, 2.45) is 11.7 Å². The first kappa shape index (κ1) is 19.3. The number of Topliss-reactive ketones (excluding diaryl/α,β-unsaturated/α-hetero) is 1. The van der Waals surface area contributed by atoms with Crippen molar-refractivity contribution in [2.75, 3.05) is 0 Å². The standard InChI is InChI=1S/C21H15ClN2O4/c22-14-7-5-12(6-8-14)15(17(11-23)20(24)26)10-18(25)16-9-13-3-1-2-4-19(13)28-21(16)27/h1-9,15,17H,10H2,(H2,24,26). The van der Waals surface area contributed by atoms with Gasteiger partial charge < -0.3 is 10.2 Å². The number of nitriles is 1. The number of nitrogens with two attached hydrogens (primary N) is 1. The van der Waals surface area contributed by atoms with Gasteiger partial charge in [-0.05, 0) is 29.8 Å². The van der Waals surface area contributed by atoms with E-state index >= 15 is 0 Å². The van der Waals surface area contributed by atoms with Crippen molar-refractivity contribution in [1.82, 2.24) is 0 Å². The third kappa shape index (κ3) is 3.95. The number of ketones is 1. The van der Waals surface area contributed by atoms with Crippen molar-refractivity contribution in [2.45, 2.75) is 12.3 Å². The highest BCUT2D eigenvalue weighted by Crippen LogP contribution is 2.30. The Balaban J connectivity index is 2.01. The topological polar surface area (TPSA) is 114 Å². The molecular weight excluding hydrogens is 380 g/mol. The maximum Gasteiger partial charge on any atom is 0.347 e. The number of carbonyl (C=O) groups excluding carboxylic acids is 2. The molecule has 0 spiro atoms. The predicted octanol–water partition coefficient (Wildman–Crippen LogP) is 3.43. The Morgan fingerprint density at radius 1 is 1.14 bits per heavy atom. The Morgan fingerprint density at radius 3 is 2.46 bits per heavy atom. The van der Waals surface area contributed by atoms with Gasteiger partial charge in [0.2, 0.25) is 5.91 Å². The van der Waals surface area contributed by atoms with Crippen molar-refractivity contribution in [1.29, 1.82) is 5.26 Å². The van der Waals surface area contributed by atoms with E-state index in [9.17, 15) is 19.6 Å². The molecule has 28 heavy (non-hydrogen) atoms. The number of hydrogen-bond donors (Lipinski definition) is 1. The zero-order valence-corrected chi connectivity index (χ0v) is 15.3. The van der Waals surface area contributed by atoms with Gasteiger partial charge in [-0.15, -0.1) is 0 Å². The van der Waals surface area contributed by atoms with Crippen LogP contribution in [-0.2, 0) is 4.79 Å². The fourth-order valence-corrected chi connectivity index (χ4v) is 3.18. The lowest BCUT2D eigenvalue weighted by atomic mass is 9.82. The van der Waals surface area contributed by atoms with Crippen LogP contribution in [0.25, 0.3) is 11.0 Å². The number of amides is 1. The van der Waals surface area contributed by atoms with Crippen LogP contribution < -0.4 is 11.4 Å². The molecule has 2 atom stereocenters. The minimum Gasteiger partial charge on any atom is -0.422 e. The van der Waals surface area contributed by atoms with E-state index < -0.39 is 29.2 Å². The molecule has 0 radical (unpaired) electrons. The second kappa shape index (κ2) is 8.07. The van der Waals surface area contributed by atoms with Gasteiger partial charge in [0, 0.05) is 22.7 Å². The molecule has 7 heteroatoms. The fraction of sp³-hybridized carbons (Fsp3) is 0.143. The van der Waals surface area contributed by atoms with Gasteiger partial charge >= 0.3 is 5.63 Å². The molecule has 140 valence electrons. The molecule has 3 aromatic rings. The molecule has 0 fully saturated rings. The molecule has 0 aliphatic carbocycles. The summed E-state index contributed by atoms with van der Waals surface area (Å²) in [5.41, 5.74) is 5.36. The van der Waals surface area contributed by atoms with E-state index in [4.69, 9.17) is 21.8 Å². The maximum absolute atomic E-state index is 12.9. The minimum atomic E-state index is -1.24. The van der Waals surface area contributed by atoms with Crippen LogP contribution >= 0.6 is 11.6 Å². The number of hydrogen-bond acceptors (Lipinski definition) is 5. The van der Waals surface area contributed by atoms with Gasteiger partial charge in [0.05, 0.1) is 6.07 Å². The van der Waals surface area contributed by atoms with E-state index in [2.05, 4.69) is 0 Å².